The molecule has 9 heteroatoms. The molecule has 0 radical (unpaired) electrons. The number of carbonyl (C=O) groups is 1. The molecule has 2 aromatic carbocycles. The van der Waals surface area contributed by atoms with Gasteiger partial charge in [0.1, 0.15) is 27.5 Å². The van der Waals surface area contributed by atoms with Crippen LogP contribution in [0.25, 0.3) is 10.2 Å². The summed E-state index contributed by atoms with van der Waals surface area (Å²) in [5, 5.41) is 1.14. The molecule has 1 saturated heterocycles. The molecule has 0 spiro atoms. The Bertz CT molecular complexity index is 1080. The van der Waals surface area contributed by atoms with Crippen LogP contribution in [-0.4, -0.2) is 50.0 Å². The zero-order chi connectivity index (χ0) is 23.6. The van der Waals surface area contributed by atoms with Crippen LogP contribution >= 0.6 is 22.9 Å². The van der Waals surface area contributed by atoms with Gasteiger partial charge in [-0.15, -0.1) is 0 Å². The van der Waals surface area contributed by atoms with E-state index in [9.17, 15) is 4.79 Å². The van der Waals surface area contributed by atoms with E-state index in [-0.39, 0.29) is 12.0 Å². The number of benzene rings is 2. The minimum Gasteiger partial charge on any atom is -0.495 e. The van der Waals surface area contributed by atoms with Gasteiger partial charge in [-0.25, -0.2) is 4.98 Å². The van der Waals surface area contributed by atoms with E-state index < -0.39 is 5.60 Å². The Balaban J connectivity index is 1.71. The van der Waals surface area contributed by atoms with Crippen molar-refractivity contribution in [2.24, 2.45) is 0 Å². The summed E-state index contributed by atoms with van der Waals surface area (Å²) in [7, 11) is 3.21. The summed E-state index contributed by atoms with van der Waals surface area (Å²) in [4.78, 5) is 20.3. The summed E-state index contributed by atoms with van der Waals surface area (Å²) in [5.74, 6) is 1.64. The molecule has 1 aliphatic rings. The fourth-order valence-electron chi connectivity index (χ4n) is 3.80. The summed E-state index contributed by atoms with van der Waals surface area (Å²) < 4.78 is 23.8. The van der Waals surface area contributed by atoms with Crippen LogP contribution in [0.3, 0.4) is 0 Å². The summed E-state index contributed by atoms with van der Waals surface area (Å²) in [5.41, 5.74) is -0.503. The number of anilines is 1. The first kappa shape index (κ1) is 23.6. The Morgan fingerprint density at radius 1 is 1.18 bits per heavy atom. The van der Waals surface area contributed by atoms with Crippen LogP contribution in [0, 0.1) is 0 Å². The molecule has 0 bridgehead atoms. The molecule has 0 N–H and O–H groups in total. The van der Waals surface area contributed by atoms with Crippen molar-refractivity contribution in [3.05, 3.63) is 41.4 Å². The smallest absolute Gasteiger partial charge is 0.272 e. The highest BCUT2D eigenvalue weighted by Gasteiger charge is 2.38. The van der Waals surface area contributed by atoms with E-state index in [1.54, 1.807) is 57.2 Å². The topological polar surface area (TPSA) is 70.1 Å². The number of thiazole rings is 1. The molecule has 1 fully saturated rings. The van der Waals surface area contributed by atoms with Gasteiger partial charge in [-0.2, -0.15) is 0 Å². The number of nitrogens with zero attached hydrogens (tertiary/aromatic N) is 2. The third-order valence-corrected chi connectivity index (χ3v) is 6.83. The number of carbonyl (C=O) groups excluding carboxylic acids is 1. The molecular weight excluding hydrogens is 464 g/mol. The van der Waals surface area contributed by atoms with Crippen LogP contribution in [0.4, 0.5) is 5.13 Å². The summed E-state index contributed by atoms with van der Waals surface area (Å²) in [6.07, 6.45) is 1.80. The Hall–Kier alpha value is -2.55. The molecule has 7 nitrogen and oxygen atoms in total. The number of rotatable bonds is 8. The second kappa shape index (κ2) is 9.75. The molecular formula is C24H27ClN2O5S. The van der Waals surface area contributed by atoms with E-state index >= 15 is 0 Å². The van der Waals surface area contributed by atoms with Gasteiger partial charge in [0.2, 0.25) is 0 Å². The number of hydrogen-bond donors (Lipinski definition) is 0. The highest BCUT2D eigenvalue weighted by atomic mass is 35.5. The van der Waals surface area contributed by atoms with Gasteiger partial charge in [-0.3, -0.25) is 9.69 Å². The van der Waals surface area contributed by atoms with Gasteiger partial charge in [0.15, 0.2) is 10.7 Å². The fraction of sp³-hybridized carbons (Fsp3) is 0.417. The van der Waals surface area contributed by atoms with Gasteiger partial charge in [0.05, 0.1) is 26.9 Å². The van der Waals surface area contributed by atoms with Crippen LogP contribution < -0.4 is 19.1 Å². The largest absolute Gasteiger partial charge is 0.495 e. The highest BCUT2D eigenvalue weighted by molar-refractivity contribution is 7.22. The van der Waals surface area contributed by atoms with E-state index in [4.69, 9.17) is 35.5 Å². The lowest BCUT2D eigenvalue weighted by molar-refractivity contribution is -0.131. The molecule has 2 heterocycles. The summed E-state index contributed by atoms with van der Waals surface area (Å²) in [6.45, 7) is 4.58. The molecule has 176 valence electrons. The van der Waals surface area contributed by atoms with Crippen molar-refractivity contribution in [1.82, 2.24) is 4.98 Å². The maximum Gasteiger partial charge on any atom is 0.272 e. The number of fused-ring (bicyclic) bond motifs is 1. The van der Waals surface area contributed by atoms with Crippen molar-refractivity contribution in [3.8, 4) is 17.2 Å². The minimum absolute atomic E-state index is 0.0592. The average molecular weight is 491 g/mol. The second-order valence-corrected chi connectivity index (χ2v) is 9.68. The Kier molecular flexibility index (Phi) is 6.97. The van der Waals surface area contributed by atoms with E-state index in [1.165, 1.54) is 11.3 Å². The number of hydrogen-bond acceptors (Lipinski definition) is 7. The first-order valence-corrected chi connectivity index (χ1v) is 11.9. The molecule has 1 unspecified atom stereocenters. The minimum atomic E-state index is -1.15. The van der Waals surface area contributed by atoms with E-state index in [2.05, 4.69) is 0 Å². The fourth-order valence-corrected chi connectivity index (χ4v) is 5.00. The van der Waals surface area contributed by atoms with Crippen molar-refractivity contribution < 1.29 is 23.7 Å². The lowest BCUT2D eigenvalue weighted by atomic mass is 10.1. The van der Waals surface area contributed by atoms with Crippen LogP contribution in [0.15, 0.2) is 36.4 Å². The van der Waals surface area contributed by atoms with Gasteiger partial charge in [0.25, 0.3) is 5.91 Å². The van der Waals surface area contributed by atoms with Gasteiger partial charge in [-0.05, 0) is 63.1 Å². The number of amides is 1. The van der Waals surface area contributed by atoms with Crippen molar-refractivity contribution in [1.29, 1.82) is 0 Å². The molecule has 4 rings (SSSR count). The quantitative estimate of drug-likeness (QED) is 0.424. The molecule has 0 aliphatic carbocycles. The van der Waals surface area contributed by atoms with Gasteiger partial charge >= 0.3 is 0 Å². The molecule has 1 atom stereocenters. The summed E-state index contributed by atoms with van der Waals surface area (Å²) in [6, 6.07) is 10.6. The van der Waals surface area contributed by atoms with Gasteiger partial charge < -0.3 is 18.9 Å². The van der Waals surface area contributed by atoms with Crippen molar-refractivity contribution in [3.63, 3.8) is 0 Å². The number of halogens is 1. The van der Waals surface area contributed by atoms with E-state index in [0.29, 0.717) is 46.1 Å². The highest BCUT2D eigenvalue weighted by Crippen LogP contribution is 2.41. The van der Waals surface area contributed by atoms with Gasteiger partial charge in [0, 0.05) is 11.6 Å². The first-order valence-electron chi connectivity index (χ1n) is 10.7. The van der Waals surface area contributed by atoms with Gasteiger partial charge in [-0.1, -0.05) is 22.9 Å². The molecule has 0 saturated carbocycles. The maximum atomic E-state index is 13.8. The first-order chi connectivity index (χ1) is 15.8. The molecule has 1 amide bonds. The SMILES string of the molecule is COc1ccc(OC)c2sc(N(CC3CCCO3)C(=O)C(C)(C)Oc3ccc(Cl)cc3)nc12. The average Bonchev–Trinajstić information content (AvgIpc) is 3.47. The number of aromatic nitrogens is 1. The molecule has 3 aromatic rings. The Labute approximate surface area is 202 Å². The standard InChI is InChI=1S/C24H27ClN2O5S/c1-24(2,32-16-9-7-15(25)8-10-16)22(28)27(14-17-6-5-13-31-17)23-26-20-18(29-3)11-12-19(30-4)21(20)33-23/h7-12,17H,5-6,13-14H2,1-4H3. The normalized spacial score (nSPS) is 16.1. The molecule has 33 heavy (non-hydrogen) atoms. The van der Waals surface area contributed by atoms with Crippen molar-refractivity contribution >= 4 is 44.2 Å². The zero-order valence-corrected chi connectivity index (χ0v) is 20.7. The van der Waals surface area contributed by atoms with Crippen LogP contribution in [-0.2, 0) is 9.53 Å². The van der Waals surface area contributed by atoms with E-state index in [1.807, 2.05) is 12.1 Å². The maximum absolute atomic E-state index is 13.8. The predicted molar refractivity (Wildman–Crippen MR) is 130 cm³/mol. The predicted octanol–water partition coefficient (Wildman–Crippen LogP) is 5.34. The third kappa shape index (κ3) is 5.03. The van der Waals surface area contributed by atoms with Crippen molar-refractivity contribution in [2.45, 2.75) is 38.4 Å². The van der Waals surface area contributed by atoms with Crippen molar-refractivity contribution in [2.75, 3.05) is 32.3 Å². The number of ether oxygens (including phenoxy) is 4. The zero-order valence-electron chi connectivity index (χ0n) is 19.1. The monoisotopic (exact) mass is 490 g/mol. The van der Waals surface area contributed by atoms with Crippen LogP contribution in [0.5, 0.6) is 17.2 Å². The Morgan fingerprint density at radius 3 is 2.52 bits per heavy atom. The molecule has 1 aliphatic heterocycles. The summed E-state index contributed by atoms with van der Waals surface area (Å²) >= 11 is 7.37. The number of methoxy groups -OCH3 is 2. The third-order valence-electron chi connectivity index (χ3n) is 5.49. The van der Waals surface area contributed by atoms with Crippen LogP contribution in [0.1, 0.15) is 26.7 Å². The Morgan fingerprint density at radius 2 is 1.88 bits per heavy atom. The lowest BCUT2D eigenvalue weighted by Crippen LogP contribution is -2.51. The lowest BCUT2D eigenvalue weighted by Gasteiger charge is -2.32. The molecule has 1 aromatic heterocycles. The second-order valence-electron chi connectivity index (χ2n) is 8.26. The van der Waals surface area contributed by atoms with Crippen LogP contribution in [0.2, 0.25) is 5.02 Å². The van der Waals surface area contributed by atoms with E-state index in [0.717, 1.165) is 17.5 Å².